The Morgan fingerprint density at radius 1 is 1.24 bits per heavy atom. The molecule has 1 aliphatic rings. The minimum Gasteiger partial charge on any atom is -0.469 e. The van der Waals surface area contributed by atoms with Gasteiger partial charge in [0.05, 0.1) is 19.1 Å². The first kappa shape index (κ1) is 14.5. The number of rotatable bonds is 5. The average molecular weight is 242 g/mol. The summed E-state index contributed by atoms with van der Waals surface area (Å²) in [7, 11) is 3.25. The monoisotopic (exact) mass is 242 g/mol. The Labute approximate surface area is 105 Å². The summed E-state index contributed by atoms with van der Waals surface area (Å²) < 4.78 is 10.4. The van der Waals surface area contributed by atoms with Crippen molar-refractivity contribution in [1.29, 1.82) is 0 Å². The van der Waals surface area contributed by atoms with Gasteiger partial charge < -0.3 is 9.47 Å². The van der Waals surface area contributed by atoms with E-state index in [4.69, 9.17) is 9.47 Å². The zero-order valence-electron chi connectivity index (χ0n) is 11.7. The van der Waals surface area contributed by atoms with Gasteiger partial charge in [0.15, 0.2) is 0 Å². The van der Waals surface area contributed by atoms with E-state index >= 15 is 0 Å². The van der Waals surface area contributed by atoms with Gasteiger partial charge in [0.25, 0.3) is 0 Å². The molecule has 0 N–H and O–H groups in total. The van der Waals surface area contributed by atoms with E-state index in [-0.39, 0.29) is 11.9 Å². The zero-order chi connectivity index (χ0) is 13.0. The highest BCUT2D eigenvalue weighted by Crippen LogP contribution is 2.42. The number of esters is 1. The molecule has 0 aromatic heterocycles. The van der Waals surface area contributed by atoms with Gasteiger partial charge >= 0.3 is 5.97 Å². The maximum atomic E-state index is 11.7. The van der Waals surface area contributed by atoms with Gasteiger partial charge in [0.1, 0.15) is 0 Å². The normalized spacial score (nSPS) is 30.6. The summed E-state index contributed by atoms with van der Waals surface area (Å²) in [4.78, 5) is 11.7. The Kier molecular flexibility index (Phi) is 5.44. The quantitative estimate of drug-likeness (QED) is 0.695. The fraction of sp³-hybridized carbons (Fsp3) is 0.929. The Bertz CT molecular complexity index is 250. The molecular weight excluding hydrogens is 216 g/mol. The molecule has 1 fully saturated rings. The van der Waals surface area contributed by atoms with Crippen molar-refractivity contribution in [3.63, 3.8) is 0 Å². The Morgan fingerprint density at radius 3 is 2.35 bits per heavy atom. The molecule has 0 saturated heterocycles. The van der Waals surface area contributed by atoms with Crippen LogP contribution in [-0.2, 0) is 14.3 Å². The molecule has 0 bridgehead atoms. The van der Waals surface area contributed by atoms with E-state index in [1.165, 1.54) is 7.11 Å². The molecule has 0 aliphatic heterocycles. The first-order valence-electron chi connectivity index (χ1n) is 6.61. The van der Waals surface area contributed by atoms with Crippen molar-refractivity contribution in [2.24, 2.45) is 23.7 Å². The molecule has 1 aliphatic carbocycles. The molecule has 1 rings (SSSR count). The topological polar surface area (TPSA) is 35.5 Å². The third-order valence-corrected chi connectivity index (χ3v) is 4.07. The molecule has 17 heavy (non-hydrogen) atoms. The SMILES string of the molecule is COC(=O)C(C)C1CCC(OC)C1CC(C)C. The summed E-state index contributed by atoms with van der Waals surface area (Å²) >= 11 is 0. The highest BCUT2D eigenvalue weighted by Gasteiger charge is 2.41. The van der Waals surface area contributed by atoms with Crippen LogP contribution in [0.1, 0.15) is 40.0 Å². The number of methoxy groups -OCH3 is 2. The molecule has 0 aromatic rings. The van der Waals surface area contributed by atoms with Gasteiger partial charge in [-0.15, -0.1) is 0 Å². The van der Waals surface area contributed by atoms with E-state index in [1.807, 2.05) is 6.92 Å². The van der Waals surface area contributed by atoms with E-state index < -0.39 is 0 Å². The molecule has 0 aromatic carbocycles. The van der Waals surface area contributed by atoms with Crippen LogP contribution in [0.25, 0.3) is 0 Å². The number of ether oxygens (including phenoxy) is 2. The summed E-state index contributed by atoms with van der Waals surface area (Å²) in [6, 6.07) is 0. The van der Waals surface area contributed by atoms with Crippen molar-refractivity contribution in [2.75, 3.05) is 14.2 Å². The van der Waals surface area contributed by atoms with Gasteiger partial charge in [-0.25, -0.2) is 0 Å². The second-order valence-corrected chi connectivity index (χ2v) is 5.62. The van der Waals surface area contributed by atoms with Crippen molar-refractivity contribution in [1.82, 2.24) is 0 Å². The number of carbonyl (C=O) groups is 1. The van der Waals surface area contributed by atoms with Crippen LogP contribution in [-0.4, -0.2) is 26.3 Å². The Morgan fingerprint density at radius 2 is 1.88 bits per heavy atom. The summed E-state index contributed by atoms with van der Waals surface area (Å²) in [5.41, 5.74) is 0. The molecule has 3 heteroatoms. The van der Waals surface area contributed by atoms with Crippen LogP contribution in [0.4, 0.5) is 0 Å². The van der Waals surface area contributed by atoms with Gasteiger partial charge in [-0.2, -0.15) is 0 Å². The summed E-state index contributed by atoms with van der Waals surface area (Å²) in [6.45, 7) is 6.44. The maximum absolute atomic E-state index is 11.7. The van der Waals surface area contributed by atoms with Crippen LogP contribution in [0.3, 0.4) is 0 Å². The smallest absolute Gasteiger partial charge is 0.308 e. The Balaban J connectivity index is 2.72. The van der Waals surface area contributed by atoms with Crippen LogP contribution in [0.2, 0.25) is 0 Å². The van der Waals surface area contributed by atoms with E-state index in [2.05, 4.69) is 13.8 Å². The molecule has 1 saturated carbocycles. The van der Waals surface area contributed by atoms with E-state index in [1.54, 1.807) is 7.11 Å². The predicted octanol–water partition coefficient (Wildman–Crippen LogP) is 2.88. The molecule has 0 heterocycles. The first-order chi connectivity index (χ1) is 8.01. The second kappa shape index (κ2) is 6.39. The van der Waals surface area contributed by atoms with Gasteiger partial charge in [-0.3, -0.25) is 4.79 Å². The standard InChI is InChI=1S/C14H26O3/c1-9(2)8-12-11(6-7-13(12)16-4)10(3)14(15)17-5/h9-13H,6-8H2,1-5H3. The molecular formula is C14H26O3. The lowest BCUT2D eigenvalue weighted by molar-refractivity contribution is -0.147. The van der Waals surface area contributed by atoms with Crippen molar-refractivity contribution >= 4 is 5.97 Å². The lowest BCUT2D eigenvalue weighted by Crippen LogP contribution is -2.30. The summed E-state index contributed by atoms with van der Waals surface area (Å²) in [6.07, 6.45) is 3.59. The number of hydrogen-bond donors (Lipinski definition) is 0. The van der Waals surface area contributed by atoms with Crippen molar-refractivity contribution in [3.05, 3.63) is 0 Å². The van der Waals surface area contributed by atoms with E-state index in [0.717, 1.165) is 19.3 Å². The lowest BCUT2D eigenvalue weighted by Gasteiger charge is -2.28. The Hall–Kier alpha value is -0.570. The van der Waals surface area contributed by atoms with Crippen molar-refractivity contribution in [3.8, 4) is 0 Å². The summed E-state index contributed by atoms with van der Waals surface area (Å²) in [5, 5.41) is 0. The minimum absolute atomic E-state index is 0.0103. The van der Waals surface area contributed by atoms with Gasteiger partial charge in [0.2, 0.25) is 0 Å². The highest BCUT2D eigenvalue weighted by molar-refractivity contribution is 5.72. The molecule has 0 amide bonds. The molecule has 3 nitrogen and oxygen atoms in total. The second-order valence-electron chi connectivity index (χ2n) is 5.62. The van der Waals surface area contributed by atoms with Crippen LogP contribution in [0.5, 0.6) is 0 Å². The molecule has 0 radical (unpaired) electrons. The summed E-state index contributed by atoms with van der Waals surface area (Å²) in [5.74, 6) is 1.46. The number of hydrogen-bond acceptors (Lipinski definition) is 3. The largest absolute Gasteiger partial charge is 0.469 e. The van der Waals surface area contributed by atoms with Crippen LogP contribution < -0.4 is 0 Å². The van der Waals surface area contributed by atoms with E-state index in [9.17, 15) is 4.79 Å². The molecule has 4 atom stereocenters. The highest BCUT2D eigenvalue weighted by atomic mass is 16.5. The van der Waals surface area contributed by atoms with Crippen LogP contribution in [0, 0.1) is 23.7 Å². The lowest BCUT2D eigenvalue weighted by atomic mass is 9.80. The maximum Gasteiger partial charge on any atom is 0.308 e. The first-order valence-corrected chi connectivity index (χ1v) is 6.61. The third-order valence-electron chi connectivity index (χ3n) is 4.07. The molecule has 0 spiro atoms. The average Bonchev–Trinajstić information content (AvgIpc) is 2.69. The zero-order valence-corrected chi connectivity index (χ0v) is 11.7. The van der Waals surface area contributed by atoms with E-state index in [0.29, 0.717) is 23.9 Å². The van der Waals surface area contributed by atoms with Gasteiger partial charge in [0, 0.05) is 7.11 Å². The van der Waals surface area contributed by atoms with Crippen LogP contribution >= 0.6 is 0 Å². The van der Waals surface area contributed by atoms with Crippen molar-refractivity contribution < 1.29 is 14.3 Å². The third kappa shape index (κ3) is 3.44. The fourth-order valence-electron chi connectivity index (χ4n) is 3.21. The predicted molar refractivity (Wildman–Crippen MR) is 67.6 cm³/mol. The fourth-order valence-corrected chi connectivity index (χ4v) is 3.21. The minimum atomic E-state index is -0.0829. The number of carbonyl (C=O) groups excluding carboxylic acids is 1. The molecule has 100 valence electrons. The van der Waals surface area contributed by atoms with Crippen molar-refractivity contribution in [2.45, 2.75) is 46.1 Å². The molecule has 4 unspecified atom stereocenters. The van der Waals surface area contributed by atoms with Crippen LogP contribution in [0.15, 0.2) is 0 Å². The van der Waals surface area contributed by atoms with Gasteiger partial charge in [-0.1, -0.05) is 20.8 Å². The van der Waals surface area contributed by atoms with Gasteiger partial charge in [-0.05, 0) is 37.0 Å².